The number of carboxylic acids is 1. The number of imidazole rings is 1. The molecule has 108 valence electrons. The minimum absolute atomic E-state index is 0.0918. The number of ether oxygens (including phenoxy) is 1. The molecule has 0 radical (unpaired) electrons. The monoisotopic (exact) mass is 305 g/mol. The first-order valence-corrected chi connectivity index (χ1v) is 6.78. The van der Waals surface area contributed by atoms with Gasteiger partial charge in [0.2, 0.25) is 5.88 Å². The van der Waals surface area contributed by atoms with Gasteiger partial charge in [-0.1, -0.05) is 0 Å². The first kappa shape index (κ1) is 13.4. The quantitative estimate of drug-likeness (QED) is 0.770. The third-order valence-corrected chi connectivity index (χ3v) is 4.36. The number of aromatic hydroxyl groups is 1. The fourth-order valence-electron chi connectivity index (χ4n) is 2.02. The summed E-state index contributed by atoms with van der Waals surface area (Å²) in [6, 6.07) is 3.48. The fourth-order valence-corrected chi connectivity index (χ4v) is 3.05. The van der Waals surface area contributed by atoms with Crippen LogP contribution >= 0.6 is 11.3 Å². The summed E-state index contributed by atoms with van der Waals surface area (Å²) in [5.41, 5.74) is 1.68. The van der Waals surface area contributed by atoms with E-state index in [0.29, 0.717) is 27.6 Å². The number of carbonyl (C=O) groups is 1. The summed E-state index contributed by atoms with van der Waals surface area (Å²) in [5.74, 6) is -0.924. The second-order valence-electron chi connectivity index (χ2n) is 4.33. The lowest BCUT2D eigenvalue weighted by Gasteiger charge is -2.03. The standard InChI is InChI=1S/C13H11N3O4S/c1-6-9(17)10(13(18)19)21-12(6)16-5-14-11-7(16)3-4-8(15-11)20-2/h3-5,17H,1-2H3,(H,18,19). The average molecular weight is 305 g/mol. The molecule has 0 bridgehead atoms. The molecular formula is C13H11N3O4S. The molecule has 0 amide bonds. The van der Waals surface area contributed by atoms with Crippen molar-refractivity contribution in [2.75, 3.05) is 7.11 Å². The molecule has 0 spiro atoms. The van der Waals surface area contributed by atoms with E-state index in [4.69, 9.17) is 9.84 Å². The lowest BCUT2D eigenvalue weighted by Crippen LogP contribution is -1.92. The predicted octanol–water partition coefficient (Wildman–Crippen LogP) is 2.20. The van der Waals surface area contributed by atoms with Gasteiger partial charge in [-0.15, -0.1) is 11.3 Å². The highest BCUT2D eigenvalue weighted by Gasteiger charge is 2.21. The summed E-state index contributed by atoms with van der Waals surface area (Å²) < 4.78 is 6.74. The fraction of sp³-hybridized carbons (Fsp3) is 0.154. The van der Waals surface area contributed by atoms with E-state index >= 15 is 0 Å². The first-order chi connectivity index (χ1) is 10.0. The van der Waals surface area contributed by atoms with Crippen molar-refractivity contribution in [3.05, 3.63) is 28.9 Å². The Balaban J connectivity index is 2.21. The third-order valence-electron chi connectivity index (χ3n) is 3.10. The summed E-state index contributed by atoms with van der Waals surface area (Å²) in [7, 11) is 1.52. The highest BCUT2D eigenvalue weighted by Crippen LogP contribution is 2.37. The molecule has 0 saturated heterocycles. The van der Waals surface area contributed by atoms with Gasteiger partial charge in [0, 0.05) is 11.6 Å². The SMILES string of the molecule is COc1ccc2c(ncn2-c2sc(C(=O)O)c(O)c2C)n1. The zero-order valence-corrected chi connectivity index (χ0v) is 12.0. The summed E-state index contributed by atoms with van der Waals surface area (Å²) in [4.78, 5) is 19.4. The normalized spacial score (nSPS) is 11.0. The Kier molecular flexibility index (Phi) is 3.02. The molecule has 3 aromatic rings. The number of rotatable bonds is 3. The molecule has 21 heavy (non-hydrogen) atoms. The van der Waals surface area contributed by atoms with Crippen LogP contribution in [-0.2, 0) is 0 Å². The smallest absolute Gasteiger partial charge is 0.349 e. The molecule has 0 atom stereocenters. The topological polar surface area (TPSA) is 97.5 Å². The van der Waals surface area contributed by atoms with Crippen LogP contribution in [-0.4, -0.2) is 37.8 Å². The molecule has 0 aliphatic rings. The maximum Gasteiger partial charge on any atom is 0.349 e. The summed E-state index contributed by atoms with van der Waals surface area (Å²) in [6.07, 6.45) is 1.54. The number of aromatic carboxylic acids is 1. The zero-order chi connectivity index (χ0) is 15.1. The Hall–Kier alpha value is -2.61. The van der Waals surface area contributed by atoms with E-state index in [1.165, 1.54) is 7.11 Å². The number of hydrogen-bond donors (Lipinski definition) is 2. The first-order valence-electron chi connectivity index (χ1n) is 5.97. The van der Waals surface area contributed by atoms with Crippen LogP contribution in [0.3, 0.4) is 0 Å². The van der Waals surface area contributed by atoms with Gasteiger partial charge in [0.05, 0.1) is 12.6 Å². The summed E-state index contributed by atoms with van der Waals surface area (Å²) in [5, 5.41) is 19.6. The van der Waals surface area contributed by atoms with Crippen LogP contribution in [0.15, 0.2) is 18.5 Å². The average Bonchev–Trinajstić information content (AvgIpc) is 3.01. The van der Waals surface area contributed by atoms with Crippen molar-refractivity contribution in [2.24, 2.45) is 0 Å². The number of nitrogens with zero attached hydrogens (tertiary/aromatic N) is 3. The molecule has 3 rings (SSSR count). The van der Waals surface area contributed by atoms with Gasteiger partial charge >= 0.3 is 5.97 Å². The van der Waals surface area contributed by atoms with Gasteiger partial charge in [-0.05, 0) is 13.0 Å². The molecule has 7 nitrogen and oxygen atoms in total. The molecular weight excluding hydrogens is 294 g/mol. The second kappa shape index (κ2) is 4.74. The van der Waals surface area contributed by atoms with Gasteiger partial charge in [-0.25, -0.2) is 9.78 Å². The van der Waals surface area contributed by atoms with Crippen molar-refractivity contribution in [1.29, 1.82) is 0 Å². The van der Waals surface area contributed by atoms with E-state index in [0.717, 1.165) is 11.3 Å². The van der Waals surface area contributed by atoms with Crippen LogP contribution < -0.4 is 4.74 Å². The van der Waals surface area contributed by atoms with Gasteiger partial charge in [-0.2, -0.15) is 4.98 Å². The van der Waals surface area contributed by atoms with Crippen LogP contribution in [0.25, 0.3) is 16.2 Å². The molecule has 3 heterocycles. The zero-order valence-electron chi connectivity index (χ0n) is 11.2. The molecule has 8 heteroatoms. The molecule has 0 aromatic carbocycles. The van der Waals surface area contributed by atoms with E-state index in [-0.39, 0.29) is 10.6 Å². The van der Waals surface area contributed by atoms with Crippen molar-refractivity contribution < 1.29 is 19.7 Å². The molecule has 3 aromatic heterocycles. The van der Waals surface area contributed by atoms with Gasteiger partial charge < -0.3 is 14.9 Å². The van der Waals surface area contributed by atoms with Crippen molar-refractivity contribution in [2.45, 2.75) is 6.92 Å². The molecule has 0 unspecified atom stereocenters. The number of thiophene rings is 1. The van der Waals surface area contributed by atoms with Gasteiger partial charge in [-0.3, -0.25) is 4.57 Å². The Morgan fingerprint density at radius 2 is 2.19 bits per heavy atom. The van der Waals surface area contributed by atoms with E-state index in [1.807, 2.05) is 0 Å². The summed E-state index contributed by atoms with van der Waals surface area (Å²) in [6.45, 7) is 1.66. The Bertz CT molecular complexity index is 853. The molecule has 2 N–H and O–H groups in total. The van der Waals surface area contributed by atoms with Gasteiger partial charge in [0.25, 0.3) is 0 Å². The Labute approximate surface area is 123 Å². The van der Waals surface area contributed by atoms with Gasteiger partial charge in [0.1, 0.15) is 17.1 Å². The molecule has 0 fully saturated rings. The highest BCUT2D eigenvalue weighted by molar-refractivity contribution is 7.17. The van der Waals surface area contributed by atoms with Crippen molar-refractivity contribution >= 4 is 28.5 Å². The maximum atomic E-state index is 11.1. The molecule has 0 aliphatic carbocycles. The minimum atomic E-state index is -1.16. The highest BCUT2D eigenvalue weighted by atomic mass is 32.1. The lowest BCUT2D eigenvalue weighted by molar-refractivity contribution is 0.0699. The number of carboxylic acid groups (broad SMARTS) is 1. The van der Waals surface area contributed by atoms with Crippen LogP contribution in [0, 0.1) is 6.92 Å². The van der Waals surface area contributed by atoms with Crippen molar-refractivity contribution in [3.8, 4) is 16.6 Å². The number of hydrogen-bond acceptors (Lipinski definition) is 6. The number of pyridine rings is 1. The number of aromatic nitrogens is 3. The third kappa shape index (κ3) is 2.00. The van der Waals surface area contributed by atoms with Crippen molar-refractivity contribution in [1.82, 2.24) is 14.5 Å². The van der Waals surface area contributed by atoms with Crippen LogP contribution in [0.4, 0.5) is 0 Å². The van der Waals surface area contributed by atoms with Gasteiger partial charge in [0.15, 0.2) is 10.5 Å². The molecule has 0 saturated carbocycles. The summed E-state index contributed by atoms with van der Waals surface area (Å²) >= 11 is 0.991. The Morgan fingerprint density at radius 1 is 1.43 bits per heavy atom. The van der Waals surface area contributed by atoms with Crippen LogP contribution in [0.1, 0.15) is 15.2 Å². The van der Waals surface area contributed by atoms with Crippen molar-refractivity contribution in [3.63, 3.8) is 0 Å². The van der Waals surface area contributed by atoms with E-state index in [2.05, 4.69) is 9.97 Å². The molecule has 0 aliphatic heterocycles. The van der Waals surface area contributed by atoms with E-state index in [1.54, 1.807) is 30.0 Å². The minimum Gasteiger partial charge on any atom is -0.506 e. The predicted molar refractivity (Wildman–Crippen MR) is 76.7 cm³/mol. The van der Waals surface area contributed by atoms with Crippen LogP contribution in [0.2, 0.25) is 0 Å². The van der Waals surface area contributed by atoms with E-state index in [9.17, 15) is 9.90 Å². The number of fused-ring (bicyclic) bond motifs is 1. The van der Waals surface area contributed by atoms with E-state index < -0.39 is 5.97 Å². The number of methoxy groups -OCH3 is 1. The van der Waals surface area contributed by atoms with Crippen LogP contribution in [0.5, 0.6) is 11.6 Å². The Morgan fingerprint density at radius 3 is 2.81 bits per heavy atom. The lowest BCUT2D eigenvalue weighted by atomic mass is 10.3. The largest absolute Gasteiger partial charge is 0.506 e. The maximum absolute atomic E-state index is 11.1. The second-order valence-corrected chi connectivity index (χ2v) is 5.33.